The number of carbonyl (C=O) groups excluding carboxylic acids is 1. The number of benzene rings is 1. The molecule has 7 heteroatoms. The predicted octanol–water partition coefficient (Wildman–Crippen LogP) is 0.451. The molecule has 2 rings (SSSR count). The third-order valence-corrected chi connectivity index (χ3v) is 2.69. The second kappa shape index (κ2) is 5.77. The monoisotopic (exact) mass is 268 g/mol. The lowest BCUT2D eigenvalue weighted by molar-refractivity contribution is -0.128. The van der Waals surface area contributed by atoms with Crippen molar-refractivity contribution in [2.24, 2.45) is 0 Å². The third-order valence-electron chi connectivity index (χ3n) is 2.69. The molecule has 6 nitrogen and oxygen atoms in total. The molecule has 1 aromatic carbocycles. The van der Waals surface area contributed by atoms with E-state index in [0.717, 1.165) is 18.2 Å². The van der Waals surface area contributed by atoms with E-state index < -0.39 is 23.8 Å². The number of carbonyl (C=O) groups is 2. The molecule has 19 heavy (non-hydrogen) atoms. The van der Waals surface area contributed by atoms with Gasteiger partial charge in [-0.3, -0.25) is 4.79 Å². The number of carboxylic acids is 1. The first-order valence-electron chi connectivity index (χ1n) is 5.74. The van der Waals surface area contributed by atoms with Gasteiger partial charge in [-0.15, -0.1) is 0 Å². The topological polar surface area (TPSA) is 87.7 Å². The van der Waals surface area contributed by atoms with Crippen LogP contribution in [0.5, 0.6) is 0 Å². The summed E-state index contributed by atoms with van der Waals surface area (Å²) in [5.41, 5.74) is -0.245. The molecule has 1 aliphatic rings. The Morgan fingerprint density at radius 3 is 2.89 bits per heavy atom. The van der Waals surface area contributed by atoms with Crippen molar-refractivity contribution < 1.29 is 23.8 Å². The molecule has 1 aliphatic heterocycles. The van der Waals surface area contributed by atoms with Crippen LogP contribution >= 0.6 is 0 Å². The van der Waals surface area contributed by atoms with E-state index in [9.17, 15) is 14.0 Å². The molecule has 0 saturated carbocycles. The quantitative estimate of drug-likeness (QED) is 0.741. The van der Waals surface area contributed by atoms with E-state index in [4.69, 9.17) is 9.84 Å². The molecule has 0 radical (unpaired) electrons. The molecule has 1 atom stereocenters. The highest BCUT2D eigenvalue weighted by atomic mass is 19.1. The van der Waals surface area contributed by atoms with Crippen molar-refractivity contribution in [3.8, 4) is 0 Å². The Morgan fingerprint density at radius 2 is 2.26 bits per heavy atom. The maximum atomic E-state index is 13.1. The molecule has 1 fully saturated rings. The second-order valence-electron chi connectivity index (χ2n) is 4.05. The number of amides is 1. The van der Waals surface area contributed by atoms with Crippen molar-refractivity contribution in [2.75, 3.05) is 25.0 Å². The van der Waals surface area contributed by atoms with E-state index in [1.165, 1.54) is 0 Å². The molecule has 0 aliphatic carbocycles. The number of hydrogen-bond acceptors (Lipinski definition) is 4. The number of aromatic carboxylic acids is 1. The zero-order chi connectivity index (χ0) is 13.8. The summed E-state index contributed by atoms with van der Waals surface area (Å²) in [5.74, 6) is -2.36. The predicted molar refractivity (Wildman–Crippen MR) is 64.6 cm³/mol. The van der Waals surface area contributed by atoms with Gasteiger partial charge in [0.2, 0.25) is 0 Å². The molecule has 0 bridgehead atoms. The summed E-state index contributed by atoms with van der Waals surface area (Å²) in [5, 5.41) is 14.3. The van der Waals surface area contributed by atoms with Crippen LogP contribution in [-0.4, -0.2) is 42.8 Å². The van der Waals surface area contributed by atoms with Gasteiger partial charge in [0.05, 0.1) is 17.9 Å². The lowest BCUT2D eigenvalue weighted by Crippen LogP contribution is -2.45. The summed E-state index contributed by atoms with van der Waals surface area (Å²) in [6.07, 6.45) is -0.710. The van der Waals surface area contributed by atoms with E-state index in [2.05, 4.69) is 10.6 Å². The number of rotatable bonds is 3. The number of carboxylic acid groups (broad SMARTS) is 1. The SMILES string of the molecule is O=C(O)c1ccc(F)cc1NC(=O)C1CNCCO1. The van der Waals surface area contributed by atoms with Gasteiger partial charge in [-0.1, -0.05) is 0 Å². The number of nitrogens with one attached hydrogen (secondary N) is 2. The first-order chi connectivity index (χ1) is 9.08. The largest absolute Gasteiger partial charge is 0.478 e. The van der Waals surface area contributed by atoms with Gasteiger partial charge in [-0.2, -0.15) is 0 Å². The van der Waals surface area contributed by atoms with E-state index in [1.807, 2.05) is 0 Å². The van der Waals surface area contributed by atoms with Crippen molar-refractivity contribution in [2.45, 2.75) is 6.10 Å². The van der Waals surface area contributed by atoms with Gasteiger partial charge in [0.25, 0.3) is 5.91 Å². The molecule has 0 spiro atoms. The Bertz CT molecular complexity index is 501. The molecule has 102 valence electrons. The van der Waals surface area contributed by atoms with Crippen LogP contribution in [0.15, 0.2) is 18.2 Å². The van der Waals surface area contributed by atoms with Crippen LogP contribution in [0.4, 0.5) is 10.1 Å². The average Bonchev–Trinajstić information content (AvgIpc) is 2.39. The van der Waals surface area contributed by atoms with E-state index in [1.54, 1.807) is 0 Å². The van der Waals surface area contributed by atoms with Crippen LogP contribution in [-0.2, 0) is 9.53 Å². The zero-order valence-electron chi connectivity index (χ0n) is 9.98. The van der Waals surface area contributed by atoms with Crippen molar-refractivity contribution in [3.05, 3.63) is 29.6 Å². The Morgan fingerprint density at radius 1 is 1.47 bits per heavy atom. The van der Waals surface area contributed by atoms with Gasteiger partial charge < -0.3 is 20.5 Å². The molecule has 3 N–H and O–H groups in total. The summed E-state index contributed by atoms with van der Waals surface area (Å²) in [6, 6.07) is 3.10. The first kappa shape index (κ1) is 13.4. The van der Waals surface area contributed by atoms with E-state index in [-0.39, 0.29) is 11.3 Å². The number of ether oxygens (including phenoxy) is 1. The van der Waals surface area contributed by atoms with Gasteiger partial charge in [0.15, 0.2) is 0 Å². The highest BCUT2D eigenvalue weighted by molar-refractivity contribution is 6.01. The lowest BCUT2D eigenvalue weighted by Gasteiger charge is -2.23. The average molecular weight is 268 g/mol. The molecule has 1 aromatic rings. The molecule has 0 aromatic heterocycles. The summed E-state index contributed by atoms with van der Waals surface area (Å²) in [4.78, 5) is 22.8. The second-order valence-corrected chi connectivity index (χ2v) is 4.05. The van der Waals surface area contributed by atoms with Crippen LogP contribution in [0.25, 0.3) is 0 Å². The molecule has 1 heterocycles. The number of morpholine rings is 1. The van der Waals surface area contributed by atoms with Crippen LogP contribution in [0.2, 0.25) is 0 Å². The molecular formula is C12H13FN2O4. The van der Waals surface area contributed by atoms with Crippen LogP contribution in [0.3, 0.4) is 0 Å². The summed E-state index contributed by atoms with van der Waals surface area (Å²) in [6.45, 7) is 1.39. The number of anilines is 1. The van der Waals surface area contributed by atoms with Gasteiger partial charge in [-0.05, 0) is 18.2 Å². The smallest absolute Gasteiger partial charge is 0.337 e. The van der Waals surface area contributed by atoms with Gasteiger partial charge in [0, 0.05) is 13.1 Å². The third kappa shape index (κ3) is 3.27. The molecule has 1 unspecified atom stereocenters. The van der Waals surface area contributed by atoms with Crippen LogP contribution < -0.4 is 10.6 Å². The lowest BCUT2D eigenvalue weighted by atomic mass is 10.1. The highest BCUT2D eigenvalue weighted by Crippen LogP contribution is 2.18. The van der Waals surface area contributed by atoms with E-state index in [0.29, 0.717) is 19.7 Å². The normalized spacial score (nSPS) is 18.9. The summed E-state index contributed by atoms with van der Waals surface area (Å²) >= 11 is 0. The maximum absolute atomic E-state index is 13.1. The minimum Gasteiger partial charge on any atom is -0.478 e. The Balaban J connectivity index is 2.15. The minimum absolute atomic E-state index is 0.0772. The Labute approximate surface area is 108 Å². The van der Waals surface area contributed by atoms with Crippen LogP contribution in [0.1, 0.15) is 10.4 Å². The molecule has 1 saturated heterocycles. The van der Waals surface area contributed by atoms with Gasteiger partial charge in [0.1, 0.15) is 11.9 Å². The van der Waals surface area contributed by atoms with Crippen LogP contribution in [0, 0.1) is 5.82 Å². The maximum Gasteiger partial charge on any atom is 0.337 e. The van der Waals surface area contributed by atoms with Crippen molar-refractivity contribution in [3.63, 3.8) is 0 Å². The van der Waals surface area contributed by atoms with Gasteiger partial charge >= 0.3 is 5.97 Å². The van der Waals surface area contributed by atoms with Gasteiger partial charge in [-0.25, -0.2) is 9.18 Å². The minimum atomic E-state index is -1.24. The Kier molecular flexibility index (Phi) is 4.08. The van der Waals surface area contributed by atoms with Crippen molar-refractivity contribution in [1.29, 1.82) is 0 Å². The fourth-order valence-electron chi connectivity index (χ4n) is 1.75. The molecule has 1 amide bonds. The summed E-state index contributed by atoms with van der Waals surface area (Å²) < 4.78 is 18.3. The summed E-state index contributed by atoms with van der Waals surface area (Å²) in [7, 11) is 0. The van der Waals surface area contributed by atoms with Crippen molar-refractivity contribution in [1.82, 2.24) is 5.32 Å². The fraction of sp³-hybridized carbons (Fsp3) is 0.333. The Hall–Kier alpha value is -1.99. The van der Waals surface area contributed by atoms with Crippen molar-refractivity contribution >= 4 is 17.6 Å². The fourth-order valence-corrected chi connectivity index (χ4v) is 1.75. The standard InChI is InChI=1S/C12H13FN2O4/c13-7-1-2-8(12(17)18)9(5-7)15-11(16)10-6-14-3-4-19-10/h1-2,5,10,14H,3-4,6H2,(H,15,16)(H,17,18). The zero-order valence-corrected chi connectivity index (χ0v) is 9.98. The number of halogens is 1. The highest BCUT2D eigenvalue weighted by Gasteiger charge is 2.23. The molecular weight excluding hydrogens is 255 g/mol. The van der Waals surface area contributed by atoms with E-state index >= 15 is 0 Å². The first-order valence-corrected chi connectivity index (χ1v) is 5.74. The number of hydrogen-bond donors (Lipinski definition) is 3.